The van der Waals surface area contributed by atoms with Gasteiger partial charge in [0.05, 0.1) is 24.5 Å². The van der Waals surface area contributed by atoms with Gasteiger partial charge in [-0.2, -0.15) is 0 Å². The van der Waals surface area contributed by atoms with Crippen molar-refractivity contribution in [2.24, 2.45) is 0 Å². The standard InChI is InChI=1S/C9H7F3N2O6/c1-19-8-6(20-9(10,11)12)3-5(14(17)18)4(13-8)2-7(15)16/h3H,2H2,1H3,(H,15,16). The maximum atomic E-state index is 12.1. The number of nitrogens with zero attached hydrogens (tertiary/aromatic N) is 2. The molecule has 0 aromatic carbocycles. The van der Waals surface area contributed by atoms with Gasteiger partial charge in [-0.3, -0.25) is 14.9 Å². The van der Waals surface area contributed by atoms with E-state index in [1.807, 2.05) is 0 Å². The van der Waals surface area contributed by atoms with Crippen molar-refractivity contribution in [2.45, 2.75) is 12.8 Å². The van der Waals surface area contributed by atoms with E-state index in [4.69, 9.17) is 5.11 Å². The number of carbonyl (C=O) groups is 1. The number of ether oxygens (including phenoxy) is 2. The first-order valence-corrected chi connectivity index (χ1v) is 4.84. The summed E-state index contributed by atoms with van der Waals surface area (Å²) in [6.07, 6.45) is -5.95. The zero-order valence-corrected chi connectivity index (χ0v) is 9.80. The molecule has 0 aliphatic rings. The van der Waals surface area contributed by atoms with Gasteiger partial charge >= 0.3 is 12.3 Å². The van der Waals surface area contributed by atoms with Gasteiger partial charge in [-0.25, -0.2) is 4.98 Å². The van der Waals surface area contributed by atoms with Crippen LogP contribution in [-0.4, -0.2) is 34.5 Å². The second-order valence-electron chi connectivity index (χ2n) is 3.34. The minimum Gasteiger partial charge on any atom is -0.481 e. The van der Waals surface area contributed by atoms with Gasteiger partial charge in [0.25, 0.3) is 11.6 Å². The molecule has 0 radical (unpaired) electrons. The third kappa shape index (κ3) is 3.96. The van der Waals surface area contributed by atoms with Crippen molar-refractivity contribution in [3.8, 4) is 11.6 Å². The van der Waals surface area contributed by atoms with E-state index in [-0.39, 0.29) is 0 Å². The summed E-state index contributed by atoms with van der Waals surface area (Å²) in [5.41, 5.74) is -1.46. The smallest absolute Gasteiger partial charge is 0.481 e. The number of methoxy groups -OCH3 is 1. The number of halogens is 3. The van der Waals surface area contributed by atoms with Crippen molar-refractivity contribution in [3.63, 3.8) is 0 Å². The third-order valence-electron chi connectivity index (χ3n) is 1.95. The van der Waals surface area contributed by atoms with E-state index >= 15 is 0 Å². The zero-order chi connectivity index (χ0) is 15.5. The lowest BCUT2D eigenvalue weighted by molar-refractivity contribution is -0.386. The second-order valence-corrected chi connectivity index (χ2v) is 3.34. The Labute approximate surface area is 108 Å². The van der Waals surface area contributed by atoms with Crippen molar-refractivity contribution in [2.75, 3.05) is 7.11 Å². The lowest BCUT2D eigenvalue weighted by Crippen LogP contribution is -2.18. The van der Waals surface area contributed by atoms with Gasteiger partial charge in [0.15, 0.2) is 5.75 Å². The summed E-state index contributed by atoms with van der Waals surface area (Å²) >= 11 is 0. The highest BCUT2D eigenvalue weighted by Crippen LogP contribution is 2.35. The molecule has 0 unspecified atom stereocenters. The number of alkyl halides is 3. The van der Waals surface area contributed by atoms with Crippen molar-refractivity contribution in [1.29, 1.82) is 0 Å². The Morgan fingerprint density at radius 2 is 2.15 bits per heavy atom. The van der Waals surface area contributed by atoms with E-state index in [1.54, 1.807) is 0 Å². The van der Waals surface area contributed by atoms with E-state index in [0.29, 0.717) is 6.07 Å². The molecule has 20 heavy (non-hydrogen) atoms. The summed E-state index contributed by atoms with van der Waals surface area (Å²) in [5.74, 6) is -3.17. The molecule has 8 nitrogen and oxygen atoms in total. The summed E-state index contributed by atoms with van der Waals surface area (Å²) in [6.45, 7) is 0. The SMILES string of the molecule is COc1nc(CC(=O)O)c([N+](=O)[O-])cc1OC(F)(F)F. The van der Waals surface area contributed by atoms with Gasteiger partial charge in [0.1, 0.15) is 5.69 Å². The maximum absolute atomic E-state index is 12.1. The second kappa shape index (κ2) is 5.59. The molecule has 0 aliphatic heterocycles. The highest BCUT2D eigenvalue weighted by atomic mass is 19.4. The van der Waals surface area contributed by atoms with Crippen LogP contribution in [0.2, 0.25) is 0 Å². The van der Waals surface area contributed by atoms with Crippen LogP contribution in [0.1, 0.15) is 5.69 Å². The molecule has 0 saturated carbocycles. The lowest BCUT2D eigenvalue weighted by atomic mass is 10.2. The van der Waals surface area contributed by atoms with E-state index < -0.39 is 46.7 Å². The lowest BCUT2D eigenvalue weighted by Gasteiger charge is -2.12. The number of aliphatic carboxylic acids is 1. The summed E-state index contributed by atoms with van der Waals surface area (Å²) in [4.78, 5) is 23.6. The molecule has 1 aromatic heterocycles. The number of pyridine rings is 1. The van der Waals surface area contributed by atoms with Crippen molar-refractivity contribution in [3.05, 3.63) is 21.9 Å². The molecule has 1 rings (SSSR count). The third-order valence-corrected chi connectivity index (χ3v) is 1.95. The number of carboxylic acids is 1. The first-order valence-electron chi connectivity index (χ1n) is 4.84. The van der Waals surface area contributed by atoms with Crippen LogP contribution in [0, 0.1) is 10.1 Å². The monoisotopic (exact) mass is 296 g/mol. The van der Waals surface area contributed by atoms with Crippen LogP contribution in [-0.2, 0) is 11.2 Å². The van der Waals surface area contributed by atoms with Crippen molar-refractivity contribution >= 4 is 11.7 Å². The molecular formula is C9H7F3N2O6. The predicted octanol–water partition coefficient (Wildman–Crippen LogP) is 1.52. The molecule has 1 heterocycles. The predicted molar refractivity (Wildman–Crippen MR) is 55.5 cm³/mol. The van der Waals surface area contributed by atoms with Crippen LogP contribution in [0.25, 0.3) is 0 Å². The molecule has 0 amide bonds. The fraction of sp³-hybridized carbons (Fsp3) is 0.333. The molecule has 1 aromatic rings. The first kappa shape index (κ1) is 15.5. The molecule has 0 fully saturated rings. The highest BCUT2D eigenvalue weighted by molar-refractivity contribution is 5.71. The van der Waals surface area contributed by atoms with Crippen LogP contribution in [0.4, 0.5) is 18.9 Å². The summed E-state index contributed by atoms with van der Waals surface area (Å²) < 4.78 is 44.4. The number of carboxylic acid groups (broad SMARTS) is 1. The van der Waals surface area contributed by atoms with Crippen LogP contribution in [0.3, 0.4) is 0 Å². The molecule has 1 N–H and O–H groups in total. The van der Waals surface area contributed by atoms with Gasteiger partial charge in [-0.15, -0.1) is 13.2 Å². The molecule has 110 valence electrons. The number of hydrogen-bond donors (Lipinski definition) is 1. The fourth-order valence-electron chi connectivity index (χ4n) is 1.28. The Bertz CT molecular complexity index is 545. The van der Waals surface area contributed by atoms with Gasteiger partial charge in [0.2, 0.25) is 0 Å². The molecule has 0 atom stereocenters. The number of aromatic nitrogens is 1. The van der Waals surface area contributed by atoms with Crippen LogP contribution in [0.15, 0.2) is 6.07 Å². The van der Waals surface area contributed by atoms with Crippen LogP contribution < -0.4 is 9.47 Å². The molecule has 0 spiro atoms. The van der Waals surface area contributed by atoms with Crippen molar-refractivity contribution in [1.82, 2.24) is 4.98 Å². The van der Waals surface area contributed by atoms with Gasteiger partial charge < -0.3 is 14.6 Å². The molecule has 11 heteroatoms. The Morgan fingerprint density at radius 1 is 1.55 bits per heavy atom. The minimum atomic E-state index is -5.10. The molecule has 0 saturated heterocycles. The first-order chi connectivity index (χ1) is 9.14. The number of rotatable bonds is 5. The molecular weight excluding hydrogens is 289 g/mol. The Morgan fingerprint density at radius 3 is 2.55 bits per heavy atom. The van der Waals surface area contributed by atoms with Gasteiger partial charge in [-0.1, -0.05) is 0 Å². The van der Waals surface area contributed by atoms with Gasteiger partial charge in [-0.05, 0) is 0 Å². The van der Waals surface area contributed by atoms with E-state index in [9.17, 15) is 28.1 Å². The average molecular weight is 296 g/mol. The highest BCUT2D eigenvalue weighted by Gasteiger charge is 2.34. The molecule has 0 aliphatic carbocycles. The van der Waals surface area contributed by atoms with Crippen LogP contribution >= 0.6 is 0 Å². The number of nitro groups is 1. The summed E-state index contributed by atoms with van der Waals surface area (Å²) in [7, 11) is 0.960. The Kier molecular flexibility index (Phi) is 4.32. The average Bonchev–Trinajstić information content (AvgIpc) is 2.27. The van der Waals surface area contributed by atoms with Crippen LogP contribution in [0.5, 0.6) is 11.6 Å². The van der Waals surface area contributed by atoms with E-state index in [2.05, 4.69) is 14.5 Å². The van der Waals surface area contributed by atoms with E-state index in [0.717, 1.165) is 7.11 Å². The van der Waals surface area contributed by atoms with Gasteiger partial charge in [0, 0.05) is 0 Å². The van der Waals surface area contributed by atoms with Crippen molar-refractivity contribution < 1.29 is 37.5 Å². The summed E-state index contributed by atoms with van der Waals surface area (Å²) in [6, 6.07) is 0.414. The topological polar surface area (TPSA) is 112 Å². The normalized spacial score (nSPS) is 11.0. The zero-order valence-electron chi connectivity index (χ0n) is 9.80. The Hall–Kier alpha value is -2.59. The maximum Gasteiger partial charge on any atom is 0.573 e. The minimum absolute atomic E-state index is 0.414. The number of hydrogen-bond acceptors (Lipinski definition) is 6. The Balaban J connectivity index is 3.36. The largest absolute Gasteiger partial charge is 0.573 e. The fourth-order valence-corrected chi connectivity index (χ4v) is 1.28. The summed E-state index contributed by atoms with van der Waals surface area (Å²) in [5, 5.41) is 19.3. The quantitative estimate of drug-likeness (QED) is 0.647. The molecule has 0 bridgehead atoms. The van der Waals surface area contributed by atoms with E-state index in [1.165, 1.54) is 0 Å².